The summed E-state index contributed by atoms with van der Waals surface area (Å²) in [6, 6.07) is 59.5. The van der Waals surface area contributed by atoms with Crippen molar-refractivity contribution < 1.29 is 37.9 Å². The van der Waals surface area contributed by atoms with Crippen LogP contribution in [0.2, 0.25) is 5.02 Å². The van der Waals surface area contributed by atoms with Crippen molar-refractivity contribution in [2.75, 3.05) is 56.9 Å². The van der Waals surface area contributed by atoms with Gasteiger partial charge in [-0.25, -0.2) is 9.97 Å². The van der Waals surface area contributed by atoms with Crippen LogP contribution in [0.1, 0.15) is 53.6 Å². The molecule has 0 bridgehead atoms. The van der Waals surface area contributed by atoms with E-state index in [4.69, 9.17) is 49.5 Å². The minimum atomic E-state index is 0. The Hall–Kier alpha value is -9.77. The highest BCUT2D eigenvalue weighted by atomic mass is 35.5. The molecule has 12 aromatic heterocycles. The number of aromatic amines is 2. The Labute approximate surface area is 643 Å². The Kier molecular flexibility index (Phi) is 30.3. The average Bonchev–Trinajstić information content (AvgIpc) is 1.81. The number of hydrogen-bond donors (Lipinski definition) is 2. The molecule has 0 aliphatic carbocycles. The van der Waals surface area contributed by atoms with Gasteiger partial charge in [-0.3, -0.25) is 9.97 Å². The topological polar surface area (TPSA) is 157 Å². The second-order valence-electron chi connectivity index (χ2n) is 23.5. The largest absolute Gasteiger partial charge is 0.497 e. The van der Waals surface area contributed by atoms with Crippen LogP contribution in [0.4, 0.5) is 0 Å². The average molecular weight is 1540 g/mol. The molecule has 0 radical (unpaired) electrons. The number of pyridine rings is 4. The fourth-order valence-electron chi connectivity index (χ4n) is 10.4. The molecule has 17 rings (SSSR count). The second kappa shape index (κ2) is 39.4. The number of aryl methyl sites for hydroxylation is 9. The number of aromatic nitrogens is 6. The van der Waals surface area contributed by atoms with E-state index in [9.17, 15) is 0 Å². The molecule has 2 N–H and O–H groups in total. The molecule has 12 heterocycles. The molecule has 0 fully saturated rings. The highest BCUT2D eigenvalue weighted by Crippen LogP contribution is 2.33. The van der Waals surface area contributed by atoms with E-state index < -0.39 is 0 Å². The van der Waals surface area contributed by atoms with Gasteiger partial charge in [-0.15, -0.1) is 68.0 Å². The third-order valence-corrected chi connectivity index (χ3v) is 21.8. The lowest BCUT2D eigenvalue weighted by Crippen LogP contribution is -1.84. The number of benzene rings is 5. The summed E-state index contributed by atoms with van der Waals surface area (Å²) in [5, 5.41) is 10.2. The predicted molar refractivity (Wildman–Crippen MR) is 452 cm³/mol. The summed E-state index contributed by atoms with van der Waals surface area (Å²) in [5.41, 5.74) is 7.75. The van der Waals surface area contributed by atoms with Gasteiger partial charge in [0, 0.05) is 102 Å². The Bertz CT molecular complexity index is 4970. The zero-order valence-corrected chi connectivity index (χ0v) is 67.0. The highest BCUT2D eigenvalue weighted by Gasteiger charge is 2.07. The molecule has 0 aliphatic heterocycles. The molecule has 0 saturated carbocycles. The van der Waals surface area contributed by atoms with Crippen molar-refractivity contribution >= 4 is 163 Å². The van der Waals surface area contributed by atoms with Crippen LogP contribution < -0.4 is 37.9 Å². The number of rotatable bonds is 8. The molecule has 14 nitrogen and oxygen atoms in total. The first kappa shape index (κ1) is 80.9. The summed E-state index contributed by atoms with van der Waals surface area (Å²) in [6.45, 7) is 18.7. The molecular weight excluding hydrogens is 1450 g/mol. The van der Waals surface area contributed by atoms with Crippen molar-refractivity contribution in [3.8, 4) is 45.6 Å². The predicted octanol–water partition coefficient (Wildman–Crippen LogP) is 25.1. The summed E-state index contributed by atoms with van der Waals surface area (Å²) < 4.78 is 45.7. The monoisotopic (exact) mass is 1540 g/mol. The fraction of sp³-hybridized carbons (Fsp3) is 0.214. The molecule has 0 atom stereocenters. The molecule has 5 aromatic carbocycles. The van der Waals surface area contributed by atoms with Crippen LogP contribution in [0, 0.1) is 62.3 Å². The molecule has 546 valence electrons. The lowest BCUT2D eigenvalue weighted by molar-refractivity contribution is 0.399. The first-order valence-corrected chi connectivity index (χ1v) is 38.1. The van der Waals surface area contributed by atoms with Crippen molar-refractivity contribution in [1.29, 1.82) is 0 Å². The van der Waals surface area contributed by atoms with Crippen LogP contribution in [0.3, 0.4) is 0 Å². The van der Waals surface area contributed by atoms with Gasteiger partial charge in [0.25, 0.3) is 0 Å². The van der Waals surface area contributed by atoms with E-state index in [1.807, 2.05) is 110 Å². The number of hydrogen-bond acceptors (Lipinski definition) is 18. The van der Waals surface area contributed by atoms with Gasteiger partial charge in [-0.05, 0) is 217 Å². The normalized spacial score (nSPS) is 10.3. The van der Waals surface area contributed by atoms with Gasteiger partial charge in [0.15, 0.2) is 5.06 Å². The minimum Gasteiger partial charge on any atom is -0.497 e. The lowest BCUT2D eigenvalue weighted by atomic mass is 10.1. The molecule has 0 aliphatic rings. The zero-order chi connectivity index (χ0) is 74.4. The van der Waals surface area contributed by atoms with E-state index in [0.717, 1.165) is 76.8 Å². The zero-order valence-electron chi connectivity index (χ0n) is 61.4. The number of fused-ring (bicyclic) bond motifs is 8. The molecule has 0 unspecified atom stereocenters. The molecule has 17 aromatic rings. The Balaban J connectivity index is 0.000000149. The molecular formula is C84H89ClN6O8S6. The smallest absolute Gasteiger partial charge is 0.214 e. The second-order valence-corrected chi connectivity index (χ2v) is 31.6. The molecule has 105 heavy (non-hydrogen) atoms. The maximum absolute atomic E-state index is 5.85. The number of nitrogens with one attached hydrogen (secondary N) is 2. The van der Waals surface area contributed by atoms with Crippen LogP contribution >= 0.6 is 79.6 Å². The molecule has 0 amide bonds. The summed E-state index contributed by atoms with van der Waals surface area (Å²) in [7, 11) is 13.4. The van der Waals surface area contributed by atoms with Crippen LogP contribution in [0.5, 0.6) is 45.6 Å². The number of halogens is 1. The van der Waals surface area contributed by atoms with Crippen LogP contribution in [-0.2, 0) is 0 Å². The van der Waals surface area contributed by atoms with Gasteiger partial charge in [0.05, 0.1) is 94.0 Å². The van der Waals surface area contributed by atoms with E-state index in [1.165, 1.54) is 91.6 Å². The third kappa shape index (κ3) is 23.4. The Morgan fingerprint density at radius 2 is 0.867 bits per heavy atom. The number of H-pyrrole nitrogens is 2. The highest BCUT2D eigenvalue weighted by molar-refractivity contribution is 7.20. The Morgan fingerprint density at radius 3 is 1.53 bits per heavy atom. The summed E-state index contributed by atoms with van der Waals surface area (Å²) in [5.74, 6) is 5.87. The van der Waals surface area contributed by atoms with Crippen molar-refractivity contribution in [3.05, 3.63) is 246 Å². The maximum atomic E-state index is 5.85. The van der Waals surface area contributed by atoms with Crippen LogP contribution in [0.15, 0.2) is 195 Å². The van der Waals surface area contributed by atoms with E-state index in [1.54, 1.807) is 132 Å². The quantitative estimate of drug-likeness (QED) is 0.149. The van der Waals surface area contributed by atoms with Gasteiger partial charge >= 0.3 is 0 Å². The SMILES string of the molecule is C.COc1ccc(C)s1.COc1ccc2[nH]c(C)cc2c1.COc1ccc2cc(C)ccc2c1.COc1ccc2cc(C)sc2c1.COc1ccc2cc(C)sc2n1.COc1ccc2sc(C)cc2c1.COc1ccc2sc(C)cc2n1.COc1cnc2cc(C)sc2c1.Cc1cc2[nH]cc(Cl)c2cn1. The maximum Gasteiger partial charge on any atom is 0.214 e. The van der Waals surface area contributed by atoms with Crippen molar-refractivity contribution in [2.45, 2.75) is 69.7 Å². The van der Waals surface area contributed by atoms with Gasteiger partial charge < -0.3 is 47.9 Å². The van der Waals surface area contributed by atoms with E-state index >= 15 is 0 Å². The van der Waals surface area contributed by atoms with Crippen LogP contribution in [-0.4, -0.2) is 86.8 Å². The van der Waals surface area contributed by atoms with Gasteiger partial charge in [-0.2, -0.15) is 0 Å². The fourth-order valence-corrected chi connectivity index (χ4v) is 15.8. The van der Waals surface area contributed by atoms with Gasteiger partial charge in [-0.1, -0.05) is 48.9 Å². The lowest BCUT2D eigenvalue weighted by Gasteiger charge is -2.02. The first-order chi connectivity index (χ1) is 50.1. The molecule has 21 heteroatoms. The van der Waals surface area contributed by atoms with Crippen molar-refractivity contribution in [1.82, 2.24) is 29.9 Å². The standard InChI is InChI=1S/C12H12O.C10H11NO.2C10H10OS.3C9H9NOS.C8H7ClN2.C6H8OS.CH4/c1-9-3-4-11-8-12(13-2)6-5-10(11)7-9;1-7-5-8-6-9(12-2)3-4-10(8)11-7;1-7-5-8-6-9(11-2)3-4-10(8)12-7;1-7-5-8-3-4-9(11-2)6-10(8)12-7;1-6-3-8-9(12-6)4-7(11-2)5-10-8;1-6-5-7-8(12-6)3-4-9(10-7)11-2;1-6-5-7-3-4-8(11-2)10-9(7)12-6;1-5-2-8-6(3-10-5)7(9)4-11-8;1-5-3-4-6(7-2)8-5;/h3-8H,1-2H3;3-6,11H,1-2H3;2*3-6H,1-2H3;3*3-5H,1-2H3;2-4,11H,1H3;3-4H,1-2H3;1H4. The van der Waals surface area contributed by atoms with E-state index in [-0.39, 0.29) is 7.43 Å². The number of nitrogens with zero attached hydrogens (tertiary/aromatic N) is 4. The number of thiophene rings is 6. The van der Waals surface area contributed by atoms with Crippen molar-refractivity contribution in [3.63, 3.8) is 0 Å². The van der Waals surface area contributed by atoms with Gasteiger partial charge in [0.2, 0.25) is 11.8 Å². The summed E-state index contributed by atoms with van der Waals surface area (Å²) in [6.07, 6.45) is 5.30. The molecule has 0 spiro atoms. The molecule has 0 saturated heterocycles. The number of methoxy groups -OCH3 is 8. The summed E-state index contributed by atoms with van der Waals surface area (Å²) in [4.78, 5) is 32.2. The van der Waals surface area contributed by atoms with Crippen molar-refractivity contribution in [2.24, 2.45) is 0 Å². The summed E-state index contributed by atoms with van der Waals surface area (Å²) >= 11 is 16.3. The van der Waals surface area contributed by atoms with E-state index in [2.05, 4.69) is 169 Å². The number of ether oxygens (including phenoxy) is 8. The minimum absolute atomic E-state index is 0. The third-order valence-electron chi connectivity index (χ3n) is 15.5. The first-order valence-electron chi connectivity index (χ1n) is 32.8. The van der Waals surface area contributed by atoms with Crippen LogP contribution in [0.25, 0.3) is 83.4 Å². The van der Waals surface area contributed by atoms with Gasteiger partial charge in [0.1, 0.15) is 33.6 Å². The van der Waals surface area contributed by atoms with E-state index in [0.29, 0.717) is 11.8 Å². The Morgan fingerprint density at radius 1 is 0.343 bits per heavy atom.